The Kier molecular flexibility index (Phi) is 4.48. The molecule has 6 nitrogen and oxygen atoms in total. The molecule has 8 heteroatoms. The van der Waals surface area contributed by atoms with E-state index < -0.39 is 15.7 Å². The second-order valence-electron chi connectivity index (χ2n) is 5.64. The van der Waals surface area contributed by atoms with E-state index in [2.05, 4.69) is 15.6 Å². The number of aromatic nitrogens is 1. The molecule has 0 spiro atoms. The Morgan fingerprint density at radius 2 is 1.92 bits per heavy atom. The van der Waals surface area contributed by atoms with Crippen LogP contribution in [0.25, 0.3) is 0 Å². The highest BCUT2D eigenvalue weighted by Crippen LogP contribution is 2.18. The van der Waals surface area contributed by atoms with E-state index in [0.29, 0.717) is 17.8 Å². The average Bonchev–Trinajstić information content (AvgIpc) is 2.88. The fourth-order valence-corrected chi connectivity index (χ4v) is 4.19. The third kappa shape index (κ3) is 4.08. The molecule has 0 saturated carbocycles. The predicted octanol–water partition coefficient (Wildman–Crippen LogP) is 2.07. The number of rotatable bonds is 4. The summed E-state index contributed by atoms with van der Waals surface area (Å²) in [6.07, 6.45) is 2.02. The first kappa shape index (κ1) is 16.4. The maximum Gasteiger partial charge on any atom is 0.274 e. The fourth-order valence-electron chi connectivity index (χ4n) is 2.52. The molecule has 24 heavy (non-hydrogen) atoms. The van der Waals surface area contributed by atoms with Gasteiger partial charge in [-0.05, 0) is 42.8 Å². The zero-order valence-corrected chi connectivity index (χ0v) is 13.5. The van der Waals surface area contributed by atoms with Crippen molar-refractivity contribution in [3.8, 4) is 0 Å². The molecule has 3 rings (SSSR count). The van der Waals surface area contributed by atoms with Gasteiger partial charge in [-0.1, -0.05) is 0 Å². The molecule has 0 aliphatic carbocycles. The number of hydrogen-bond donors (Lipinski definition) is 2. The summed E-state index contributed by atoms with van der Waals surface area (Å²) in [5.74, 6) is -0.548. The van der Waals surface area contributed by atoms with Crippen LogP contribution in [-0.4, -0.2) is 36.9 Å². The number of halogens is 1. The third-order valence-electron chi connectivity index (χ3n) is 3.70. The van der Waals surface area contributed by atoms with Crippen LogP contribution in [0.2, 0.25) is 0 Å². The standard InChI is InChI=1S/C16H16FN3O3S/c17-11-1-3-12(4-2-11)20-16(21)15-9-13(5-7-18-15)19-14-6-8-24(22,23)10-14/h1-5,7,9,14H,6,8,10H2,(H,18,19)(H,20,21). The number of nitrogens with zero attached hydrogens (tertiary/aromatic N) is 1. The van der Waals surface area contributed by atoms with Crippen LogP contribution in [0, 0.1) is 5.82 Å². The molecule has 1 amide bonds. The van der Waals surface area contributed by atoms with Gasteiger partial charge in [0.2, 0.25) is 0 Å². The van der Waals surface area contributed by atoms with Gasteiger partial charge in [-0.3, -0.25) is 9.78 Å². The van der Waals surface area contributed by atoms with Crippen molar-refractivity contribution in [2.75, 3.05) is 22.1 Å². The van der Waals surface area contributed by atoms with E-state index in [4.69, 9.17) is 0 Å². The van der Waals surface area contributed by atoms with E-state index in [1.165, 1.54) is 30.5 Å². The van der Waals surface area contributed by atoms with Gasteiger partial charge in [0.05, 0.1) is 11.5 Å². The number of carbonyl (C=O) groups excluding carboxylic acids is 1. The quantitative estimate of drug-likeness (QED) is 0.882. The maximum atomic E-state index is 12.9. The second kappa shape index (κ2) is 6.56. The zero-order valence-electron chi connectivity index (χ0n) is 12.7. The highest BCUT2D eigenvalue weighted by molar-refractivity contribution is 7.91. The van der Waals surface area contributed by atoms with Gasteiger partial charge in [-0.25, -0.2) is 12.8 Å². The van der Waals surface area contributed by atoms with Gasteiger partial charge in [-0.15, -0.1) is 0 Å². The van der Waals surface area contributed by atoms with Gasteiger partial charge < -0.3 is 10.6 Å². The Balaban J connectivity index is 1.68. The van der Waals surface area contributed by atoms with Crippen LogP contribution in [-0.2, 0) is 9.84 Å². The summed E-state index contributed by atoms with van der Waals surface area (Å²) in [4.78, 5) is 16.2. The molecular formula is C16H16FN3O3S. The van der Waals surface area contributed by atoms with Gasteiger partial charge in [0.1, 0.15) is 11.5 Å². The number of carbonyl (C=O) groups is 1. The number of pyridine rings is 1. The summed E-state index contributed by atoms with van der Waals surface area (Å²) in [5.41, 5.74) is 1.28. The van der Waals surface area contributed by atoms with E-state index in [1.54, 1.807) is 12.1 Å². The molecular weight excluding hydrogens is 333 g/mol. The molecule has 126 valence electrons. The molecule has 1 fully saturated rings. The molecule has 2 aromatic rings. The topological polar surface area (TPSA) is 88.2 Å². The van der Waals surface area contributed by atoms with E-state index in [1.807, 2.05) is 0 Å². The largest absolute Gasteiger partial charge is 0.381 e. The third-order valence-corrected chi connectivity index (χ3v) is 5.47. The lowest BCUT2D eigenvalue weighted by molar-refractivity contribution is 0.102. The molecule has 0 radical (unpaired) electrons. The van der Waals surface area contributed by atoms with Crippen LogP contribution in [0.4, 0.5) is 15.8 Å². The minimum atomic E-state index is -2.97. The van der Waals surface area contributed by atoms with Gasteiger partial charge in [-0.2, -0.15) is 0 Å². The smallest absolute Gasteiger partial charge is 0.274 e. The van der Waals surface area contributed by atoms with Crippen LogP contribution in [0.15, 0.2) is 42.6 Å². The normalized spacial score (nSPS) is 19.0. The number of sulfone groups is 1. The monoisotopic (exact) mass is 349 g/mol. The number of nitrogens with one attached hydrogen (secondary N) is 2. The van der Waals surface area contributed by atoms with Gasteiger partial charge in [0.15, 0.2) is 9.84 Å². The maximum absolute atomic E-state index is 12.9. The minimum Gasteiger partial charge on any atom is -0.381 e. The van der Waals surface area contributed by atoms with Gasteiger partial charge in [0.25, 0.3) is 5.91 Å². The summed E-state index contributed by atoms with van der Waals surface area (Å²) in [6.45, 7) is 0. The molecule has 2 N–H and O–H groups in total. The summed E-state index contributed by atoms with van der Waals surface area (Å²) >= 11 is 0. The van der Waals surface area contributed by atoms with Gasteiger partial charge in [0, 0.05) is 23.6 Å². The SMILES string of the molecule is O=C(Nc1ccc(F)cc1)c1cc(NC2CCS(=O)(=O)C2)ccn1. The fraction of sp³-hybridized carbons (Fsp3) is 0.250. The molecule has 1 atom stereocenters. The minimum absolute atomic E-state index is 0.0897. The molecule has 2 heterocycles. The molecule has 1 unspecified atom stereocenters. The van der Waals surface area contributed by atoms with Crippen LogP contribution in [0.5, 0.6) is 0 Å². The summed E-state index contributed by atoms with van der Waals surface area (Å²) < 4.78 is 35.9. The molecule has 0 bridgehead atoms. The van der Waals surface area contributed by atoms with E-state index in [0.717, 1.165) is 0 Å². The van der Waals surface area contributed by atoms with E-state index in [9.17, 15) is 17.6 Å². The Hall–Kier alpha value is -2.48. The molecule has 1 saturated heterocycles. The molecule has 1 aromatic heterocycles. The van der Waals surface area contributed by atoms with Crippen LogP contribution < -0.4 is 10.6 Å². The van der Waals surface area contributed by atoms with Gasteiger partial charge >= 0.3 is 0 Å². The summed E-state index contributed by atoms with van der Waals surface area (Å²) in [7, 11) is -2.97. The van der Waals surface area contributed by atoms with Crippen LogP contribution in [0.3, 0.4) is 0 Å². The van der Waals surface area contributed by atoms with Crippen molar-refractivity contribution < 1.29 is 17.6 Å². The molecule has 1 aliphatic rings. The van der Waals surface area contributed by atoms with Crippen LogP contribution >= 0.6 is 0 Å². The lowest BCUT2D eigenvalue weighted by Crippen LogP contribution is -2.21. The van der Waals surface area contributed by atoms with Crippen molar-refractivity contribution >= 4 is 27.1 Å². The van der Waals surface area contributed by atoms with Crippen molar-refractivity contribution in [3.63, 3.8) is 0 Å². The highest BCUT2D eigenvalue weighted by atomic mass is 32.2. The van der Waals surface area contributed by atoms with Crippen molar-refractivity contribution in [3.05, 3.63) is 54.1 Å². The number of benzene rings is 1. The first-order valence-electron chi connectivity index (χ1n) is 7.41. The Bertz CT molecular complexity index is 853. The number of amides is 1. The predicted molar refractivity (Wildman–Crippen MR) is 89.3 cm³/mol. The van der Waals surface area contributed by atoms with E-state index in [-0.39, 0.29) is 29.1 Å². The lowest BCUT2D eigenvalue weighted by atomic mass is 10.2. The van der Waals surface area contributed by atoms with Crippen molar-refractivity contribution in [1.29, 1.82) is 0 Å². The van der Waals surface area contributed by atoms with Crippen molar-refractivity contribution in [2.24, 2.45) is 0 Å². The summed E-state index contributed by atoms with van der Waals surface area (Å²) in [5, 5.41) is 5.74. The lowest BCUT2D eigenvalue weighted by Gasteiger charge is -2.13. The average molecular weight is 349 g/mol. The second-order valence-corrected chi connectivity index (χ2v) is 7.86. The first-order chi connectivity index (χ1) is 11.4. The van der Waals surface area contributed by atoms with Crippen molar-refractivity contribution in [1.82, 2.24) is 4.98 Å². The van der Waals surface area contributed by atoms with Crippen molar-refractivity contribution in [2.45, 2.75) is 12.5 Å². The number of hydrogen-bond acceptors (Lipinski definition) is 5. The zero-order chi connectivity index (χ0) is 17.2. The Morgan fingerprint density at radius 3 is 2.58 bits per heavy atom. The Morgan fingerprint density at radius 1 is 1.17 bits per heavy atom. The highest BCUT2D eigenvalue weighted by Gasteiger charge is 2.27. The van der Waals surface area contributed by atoms with E-state index >= 15 is 0 Å². The summed E-state index contributed by atoms with van der Waals surface area (Å²) in [6, 6.07) is 8.50. The number of anilines is 2. The first-order valence-corrected chi connectivity index (χ1v) is 9.23. The Labute approximate surface area is 139 Å². The van der Waals surface area contributed by atoms with Crippen LogP contribution in [0.1, 0.15) is 16.9 Å². The molecule has 1 aliphatic heterocycles. The molecule has 1 aromatic carbocycles.